The lowest BCUT2D eigenvalue weighted by atomic mass is 10.2. The molecule has 0 bridgehead atoms. The van der Waals surface area contributed by atoms with Gasteiger partial charge in [-0.3, -0.25) is 4.79 Å². The highest BCUT2D eigenvalue weighted by molar-refractivity contribution is 7.98. The molecule has 0 aliphatic rings. The first-order chi connectivity index (χ1) is 12.1. The molecular formula is C19H20N4OS. The van der Waals surface area contributed by atoms with Crippen LogP contribution in [0.3, 0.4) is 0 Å². The Morgan fingerprint density at radius 2 is 2.04 bits per heavy atom. The van der Waals surface area contributed by atoms with Gasteiger partial charge in [0.15, 0.2) is 0 Å². The Balaban J connectivity index is 1.72. The molecule has 0 aliphatic heterocycles. The molecule has 0 radical (unpaired) electrons. The number of hydrogen-bond donors (Lipinski definition) is 1. The lowest BCUT2D eigenvalue weighted by Crippen LogP contribution is -2.17. The number of carbonyl (C=O) groups is 1. The molecule has 0 saturated carbocycles. The molecule has 0 saturated heterocycles. The minimum absolute atomic E-state index is 0.248. The molecule has 25 heavy (non-hydrogen) atoms. The molecule has 1 aromatic heterocycles. The van der Waals surface area contributed by atoms with Crippen LogP contribution in [0.4, 0.5) is 0 Å². The third-order valence-corrected chi connectivity index (χ3v) is 4.76. The molecule has 3 aromatic rings. The lowest BCUT2D eigenvalue weighted by Gasteiger charge is -2.03. The summed E-state index contributed by atoms with van der Waals surface area (Å²) >= 11 is 1.69. The van der Waals surface area contributed by atoms with E-state index in [4.69, 9.17) is 0 Å². The molecule has 0 atom stereocenters. The minimum atomic E-state index is -0.248. The zero-order chi connectivity index (χ0) is 17.8. The van der Waals surface area contributed by atoms with Crippen molar-refractivity contribution in [3.63, 3.8) is 0 Å². The summed E-state index contributed by atoms with van der Waals surface area (Å²) in [4.78, 5) is 18.0. The van der Waals surface area contributed by atoms with Crippen molar-refractivity contribution in [1.82, 2.24) is 15.0 Å². The summed E-state index contributed by atoms with van der Waals surface area (Å²) < 4.78 is 2.12. The van der Waals surface area contributed by atoms with Crippen molar-refractivity contribution in [2.24, 2.45) is 5.10 Å². The molecule has 6 heteroatoms. The van der Waals surface area contributed by atoms with Gasteiger partial charge < -0.3 is 4.57 Å². The second kappa shape index (κ2) is 7.53. The van der Waals surface area contributed by atoms with Crippen LogP contribution in [0.2, 0.25) is 0 Å². The number of aryl methyl sites for hydroxylation is 2. The quantitative estimate of drug-likeness (QED) is 0.431. The van der Waals surface area contributed by atoms with Gasteiger partial charge in [-0.05, 0) is 56.0 Å². The van der Waals surface area contributed by atoms with E-state index < -0.39 is 0 Å². The van der Waals surface area contributed by atoms with Crippen molar-refractivity contribution in [3.8, 4) is 0 Å². The van der Waals surface area contributed by atoms with Gasteiger partial charge in [0, 0.05) is 17.0 Å². The van der Waals surface area contributed by atoms with Crippen molar-refractivity contribution < 1.29 is 4.79 Å². The zero-order valence-corrected chi connectivity index (χ0v) is 15.3. The molecule has 2 aromatic carbocycles. The second-order valence-electron chi connectivity index (χ2n) is 5.58. The Hall–Kier alpha value is -2.60. The van der Waals surface area contributed by atoms with E-state index in [1.807, 2.05) is 43.5 Å². The summed E-state index contributed by atoms with van der Waals surface area (Å²) in [6, 6.07) is 13.5. The number of amides is 1. The van der Waals surface area contributed by atoms with Crippen molar-refractivity contribution in [3.05, 3.63) is 59.4 Å². The van der Waals surface area contributed by atoms with Crippen LogP contribution in [-0.2, 0) is 6.54 Å². The number of benzene rings is 2. The Kier molecular flexibility index (Phi) is 5.19. The van der Waals surface area contributed by atoms with Crippen LogP contribution in [0.5, 0.6) is 0 Å². The van der Waals surface area contributed by atoms with Crippen LogP contribution in [0, 0.1) is 6.92 Å². The summed E-state index contributed by atoms with van der Waals surface area (Å²) in [5, 5.41) is 4.04. The Morgan fingerprint density at radius 3 is 2.72 bits per heavy atom. The van der Waals surface area contributed by atoms with Gasteiger partial charge in [-0.1, -0.05) is 12.1 Å². The van der Waals surface area contributed by atoms with E-state index in [1.165, 1.54) is 4.90 Å². The van der Waals surface area contributed by atoms with E-state index in [1.54, 1.807) is 30.1 Å². The van der Waals surface area contributed by atoms with Gasteiger partial charge >= 0.3 is 0 Å². The van der Waals surface area contributed by atoms with Gasteiger partial charge in [-0.25, -0.2) is 10.4 Å². The lowest BCUT2D eigenvalue weighted by molar-refractivity contribution is 0.0955. The molecule has 1 N–H and O–H groups in total. The predicted molar refractivity (Wildman–Crippen MR) is 103 cm³/mol. The molecule has 0 unspecified atom stereocenters. The fourth-order valence-electron chi connectivity index (χ4n) is 2.71. The monoisotopic (exact) mass is 352 g/mol. The van der Waals surface area contributed by atoms with Crippen molar-refractivity contribution in [1.29, 1.82) is 0 Å². The molecular weight excluding hydrogens is 332 g/mol. The first kappa shape index (κ1) is 17.2. The van der Waals surface area contributed by atoms with E-state index in [0.29, 0.717) is 5.56 Å². The summed E-state index contributed by atoms with van der Waals surface area (Å²) in [5.41, 5.74) is 5.91. The van der Waals surface area contributed by atoms with E-state index in [-0.39, 0.29) is 5.91 Å². The normalized spacial score (nSPS) is 11.3. The van der Waals surface area contributed by atoms with Crippen LogP contribution >= 0.6 is 11.8 Å². The number of fused-ring (bicyclic) bond motifs is 1. The maximum Gasteiger partial charge on any atom is 0.271 e. The molecule has 1 amide bonds. The summed E-state index contributed by atoms with van der Waals surface area (Å²) in [7, 11) is 0. The molecule has 5 nitrogen and oxygen atoms in total. The Morgan fingerprint density at radius 1 is 1.28 bits per heavy atom. The smallest absolute Gasteiger partial charge is 0.271 e. The highest BCUT2D eigenvalue weighted by atomic mass is 32.2. The summed E-state index contributed by atoms with van der Waals surface area (Å²) in [6.07, 6.45) is 3.67. The van der Waals surface area contributed by atoms with E-state index >= 15 is 0 Å². The maximum atomic E-state index is 12.3. The molecule has 0 aliphatic carbocycles. The Labute approximate surface area is 151 Å². The fraction of sp³-hybridized carbons (Fsp3) is 0.211. The highest BCUT2D eigenvalue weighted by Gasteiger charge is 2.10. The van der Waals surface area contributed by atoms with Crippen LogP contribution in [-0.4, -0.2) is 27.9 Å². The van der Waals surface area contributed by atoms with E-state index in [0.717, 1.165) is 29.0 Å². The number of nitrogens with one attached hydrogen (secondary N) is 1. The average molecular weight is 352 g/mol. The van der Waals surface area contributed by atoms with Crippen molar-refractivity contribution >= 4 is 34.9 Å². The number of thioether (sulfide) groups is 1. The summed E-state index contributed by atoms with van der Waals surface area (Å²) in [5.74, 6) is 0.698. The first-order valence-electron chi connectivity index (χ1n) is 8.06. The fourth-order valence-corrected chi connectivity index (χ4v) is 3.12. The van der Waals surface area contributed by atoms with Crippen molar-refractivity contribution in [2.45, 2.75) is 25.3 Å². The van der Waals surface area contributed by atoms with E-state index in [9.17, 15) is 4.79 Å². The van der Waals surface area contributed by atoms with Gasteiger partial charge in [0.25, 0.3) is 5.91 Å². The standard InChI is InChI=1S/C19H20N4OS/c1-4-23-13(2)21-17-11-15(7-10-18(17)23)19(24)22-20-12-14-5-8-16(25-3)9-6-14/h5-12H,4H2,1-3H3,(H,22,24)/b20-12+. The maximum absolute atomic E-state index is 12.3. The largest absolute Gasteiger partial charge is 0.329 e. The molecule has 1 heterocycles. The highest BCUT2D eigenvalue weighted by Crippen LogP contribution is 2.18. The first-order valence-corrected chi connectivity index (χ1v) is 9.29. The third kappa shape index (κ3) is 3.74. The summed E-state index contributed by atoms with van der Waals surface area (Å²) in [6.45, 7) is 4.90. The van der Waals surface area contributed by atoms with Crippen LogP contribution in [0.15, 0.2) is 52.5 Å². The molecule has 128 valence electrons. The minimum Gasteiger partial charge on any atom is -0.329 e. The van der Waals surface area contributed by atoms with Crippen molar-refractivity contribution in [2.75, 3.05) is 6.26 Å². The van der Waals surface area contributed by atoms with Crippen LogP contribution in [0.25, 0.3) is 11.0 Å². The molecule has 0 spiro atoms. The third-order valence-electron chi connectivity index (χ3n) is 4.01. The van der Waals surface area contributed by atoms with Gasteiger partial charge in [-0.15, -0.1) is 11.8 Å². The van der Waals surface area contributed by atoms with Crippen LogP contribution < -0.4 is 5.43 Å². The zero-order valence-electron chi connectivity index (χ0n) is 14.5. The average Bonchev–Trinajstić information content (AvgIpc) is 2.96. The number of aromatic nitrogens is 2. The number of nitrogens with zero attached hydrogens (tertiary/aromatic N) is 3. The van der Waals surface area contributed by atoms with Gasteiger partial charge in [0.2, 0.25) is 0 Å². The Bertz CT molecular complexity index is 928. The number of imidazole rings is 1. The van der Waals surface area contributed by atoms with E-state index in [2.05, 4.69) is 27.0 Å². The number of hydrazone groups is 1. The van der Waals surface area contributed by atoms with Gasteiger partial charge in [-0.2, -0.15) is 5.10 Å². The predicted octanol–water partition coefficient (Wildman–Crippen LogP) is 3.85. The topological polar surface area (TPSA) is 59.3 Å². The SMILES string of the molecule is CCn1c(C)nc2cc(C(=O)N/N=C/c3ccc(SC)cc3)ccc21. The number of rotatable bonds is 5. The number of hydrogen-bond acceptors (Lipinski definition) is 4. The van der Waals surface area contributed by atoms with Gasteiger partial charge in [0.1, 0.15) is 5.82 Å². The molecule has 3 rings (SSSR count). The number of carbonyl (C=O) groups excluding carboxylic acids is 1. The second-order valence-corrected chi connectivity index (χ2v) is 6.46. The van der Waals surface area contributed by atoms with Crippen LogP contribution in [0.1, 0.15) is 28.7 Å². The molecule has 0 fully saturated rings. The van der Waals surface area contributed by atoms with Gasteiger partial charge in [0.05, 0.1) is 17.2 Å².